The Labute approximate surface area is 177 Å². The third kappa shape index (κ3) is 4.64. The van der Waals surface area contributed by atoms with Crippen LogP contribution in [0, 0.1) is 0 Å². The molecule has 0 aliphatic carbocycles. The molecule has 4 rings (SSSR count). The SMILES string of the molecule is Nn1c(SCC(O)COc2ccc3ccccc3c2)nnc1-c1ccc(Cl)cc1. The summed E-state index contributed by atoms with van der Waals surface area (Å²) in [5, 5.41) is 21.9. The lowest BCUT2D eigenvalue weighted by molar-refractivity contribution is 0.126. The van der Waals surface area contributed by atoms with Crippen LogP contribution in [0.15, 0.2) is 71.9 Å². The van der Waals surface area contributed by atoms with E-state index in [1.54, 1.807) is 12.1 Å². The van der Waals surface area contributed by atoms with Crippen LogP contribution in [0.2, 0.25) is 5.02 Å². The van der Waals surface area contributed by atoms with Crippen LogP contribution in [0.5, 0.6) is 5.75 Å². The first-order valence-electron chi connectivity index (χ1n) is 8.99. The summed E-state index contributed by atoms with van der Waals surface area (Å²) in [5.74, 6) is 7.74. The molecule has 0 fully saturated rings. The summed E-state index contributed by atoms with van der Waals surface area (Å²) in [6, 6.07) is 21.1. The molecule has 0 saturated heterocycles. The minimum atomic E-state index is -0.679. The number of ether oxygens (including phenoxy) is 1. The van der Waals surface area contributed by atoms with Crippen molar-refractivity contribution in [2.75, 3.05) is 18.2 Å². The van der Waals surface area contributed by atoms with E-state index in [9.17, 15) is 5.11 Å². The monoisotopic (exact) mass is 426 g/mol. The van der Waals surface area contributed by atoms with Gasteiger partial charge in [-0.25, -0.2) is 4.68 Å². The number of hydrogen-bond acceptors (Lipinski definition) is 6. The van der Waals surface area contributed by atoms with Gasteiger partial charge in [-0.2, -0.15) is 0 Å². The van der Waals surface area contributed by atoms with E-state index in [0.29, 0.717) is 21.8 Å². The molecule has 1 atom stereocenters. The lowest BCUT2D eigenvalue weighted by Gasteiger charge is -2.12. The van der Waals surface area contributed by atoms with E-state index in [1.807, 2.05) is 54.6 Å². The Bertz CT molecular complexity index is 1120. The summed E-state index contributed by atoms with van der Waals surface area (Å²) in [4.78, 5) is 0. The lowest BCUT2D eigenvalue weighted by Crippen LogP contribution is -2.21. The fourth-order valence-electron chi connectivity index (χ4n) is 2.84. The Morgan fingerprint density at radius 1 is 1.03 bits per heavy atom. The van der Waals surface area contributed by atoms with Crippen molar-refractivity contribution in [2.24, 2.45) is 0 Å². The van der Waals surface area contributed by atoms with Crippen LogP contribution in [-0.2, 0) is 0 Å². The van der Waals surface area contributed by atoms with E-state index in [2.05, 4.69) is 10.2 Å². The van der Waals surface area contributed by atoms with Gasteiger partial charge in [0, 0.05) is 16.3 Å². The molecule has 1 unspecified atom stereocenters. The van der Waals surface area contributed by atoms with Crippen LogP contribution in [0.25, 0.3) is 22.2 Å². The number of aliphatic hydroxyl groups excluding tert-OH is 1. The van der Waals surface area contributed by atoms with Crippen LogP contribution in [0.1, 0.15) is 0 Å². The molecule has 3 aromatic carbocycles. The minimum absolute atomic E-state index is 0.175. The number of aromatic nitrogens is 3. The third-order valence-electron chi connectivity index (χ3n) is 4.34. The normalized spacial score (nSPS) is 12.2. The molecular weight excluding hydrogens is 408 g/mol. The molecular formula is C21H19ClN4O2S. The predicted molar refractivity (Wildman–Crippen MR) is 117 cm³/mol. The molecule has 0 aliphatic rings. The highest BCUT2D eigenvalue weighted by Crippen LogP contribution is 2.24. The van der Waals surface area contributed by atoms with E-state index in [0.717, 1.165) is 22.1 Å². The van der Waals surface area contributed by atoms with Crippen molar-refractivity contribution < 1.29 is 9.84 Å². The number of benzene rings is 3. The van der Waals surface area contributed by atoms with Crippen LogP contribution in [0.3, 0.4) is 0 Å². The molecule has 3 N–H and O–H groups in total. The predicted octanol–water partition coefficient (Wildman–Crippen LogP) is 4.00. The maximum Gasteiger partial charge on any atom is 0.210 e. The molecule has 4 aromatic rings. The van der Waals surface area contributed by atoms with Gasteiger partial charge in [-0.3, -0.25) is 0 Å². The Kier molecular flexibility index (Phi) is 5.89. The van der Waals surface area contributed by atoms with Crippen molar-refractivity contribution in [1.29, 1.82) is 0 Å². The van der Waals surface area contributed by atoms with Gasteiger partial charge in [-0.15, -0.1) is 10.2 Å². The highest BCUT2D eigenvalue weighted by molar-refractivity contribution is 7.99. The molecule has 1 heterocycles. The Morgan fingerprint density at radius 3 is 2.59 bits per heavy atom. The summed E-state index contributed by atoms with van der Waals surface area (Å²) in [5.41, 5.74) is 0.816. The second-order valence-corrected chi connectivity index (χ2v) is 7.89. The number of fused-ring (bicyclic) bond motifs is 1. The number of nitrogen functional groups attached to an aromatic ring is 1. The number of aliphatic hydroxyl groups is 1. The molecule has 0 amide bonds. The fourth-order valence-corrected chi connectivity index (χ4v) is 3.73. The van der Waals surface area contributed by atoms with E-state index in [-0.39, 0.29) is 6.61 Å². The van der Waals surface area contributed by atoms with Crippen molar-refractivity contribution in [2.45, 2.75) is 11.3 Å². The average molecular weight is 427 g/mol. The molecule has 8 heteroatoms. The van der Waals surface area contributed by atoms with Crippen LogP contribution in [-0.4, -0.2) is 38.4 Å². The molecule has 0 bridgehead atoms. The van der Waals surface area contributed by atoms with E-state index >= 15 is 0 Å². The molecule has 29 heavy (non-hydrogen) atoms. The standard InChI is InChI=1S/C21H19ClN4O2S/c22-17-8-5-15(6-9-17)20-24-25-21(26(20)23)29-13-18(27)12-28-19-10-7-14-3-1-2-4-16(14)11-19/h1-11,18,27H,12-13,23H2. The van der Waals surface area contributed by atoms with Crippen molar-refractivity contribution >= 4 is 34.1 Å². The number of rotatable bonds is 7. The topological polar surface area (TPSA) is 86.2 Å². The first kappa shape index (κ1) is 19.6. The largest absolute Gasteiger partial charge is 0.491 e. The Balaban J connectivity index is 1.33. The lowest BCUT2D eigenvalue weighted by atomic mass is 10.1. The number of nitrogens with two attached hydrogens (primary N) is 1. The zero-order valence-electron chi connectivity index (χ0n) is 15.4. The summed E-state index contributed by atoms with van der Waals surface area (Å²) >= 11 is 7.23. The number of halogens is 1. The molecule has 0 radical (unpaired) electrons. The smallest absolute Gasteiger partial charge is 0.210 e. The van der Waals surface area contributed by atoms with Gasteiger partial charge < -0.3 is 15.7 Å². The van der Waals surface area contributed by atoms with Crippen molar-refractivity contribution in [1.82, 2.24) is 14.9 Å². The molecule has 148 valence electrons. The fraction of sp³-hybridized carbons (Fsp3) is 0.143. The van der Waals surface area contributed by atoms with Crippen LogP contribution >= 0.6 is 23.4 Å². The minimum Gasteiger partial charge on any atom is -0.491 e. The average Bonchev–Trinajstić information content (AvgIpc) is 3.11. The zero-order chi connectivity index (χ0) is 20.2. The molecule has 6 nitrogen and oxygen atoms in total. The van der Waals surface area contributed by atoms with E-state index in [4.69, 9.17) is 22.2 Å². The van der Waals surface area contributed by atoms with Crippen molar-refractivity contribution in [3.8, 4) is 17.1 Å². The third-order valence-corrected chi connectivity index (χ3v) is 5.68. The van der Waals surface area contributed by atoms with Crippen LogP contribution in [0.4, 0.5) is 0 Å². The van der Waals surface area contributed by atoms with Gasteiger partial charge in [-0.05, 0) is 47.2 Å². The number of nitrogens with zero attached hydrogens (tertiary/aromatic N) is 3. The van der Waals surface area contributed by atoms with E-state index < -0.39 is 6.10 Å². The highest BCUT2D eigenvalue weighted by atomic mass is 35.5. The number of hydrogen-bond donors (Lipinski definition) is 2. The van der Waals surface area contributed by atoms with Gasteiger partial charge in [0.1, 0.15) is 12.4 Å². The summed E-state index contributed by atoms with van der Waals surface area (Å²) < 4.78 is 7.14. The number of thioether (sulfide) groups is 1. The molecule has 1 aromatic heterocycles. The van der Waals surface area contributed by atoms with Gasteiger partial charge in [0.05, 0.1) is 6.10 Å². The van der Waals surface area contributed by atoms with Gasteiger partial charge in [-0.1, -0.05) is 53.7 Å². The van der Waals surface area contributed by atoms with E-state index in [1.165, 1.54) is 16.4 Å². The zero-order valence-corrected chi connectivity index (χ0v) is 17.0. The van der Waals surface area contributed by atoms with Crippen molar-refractivity contribution in [3.63, 3.8) is 0 Å². The molecule has 0 saturated carbocycles. The van der Waals surface area contributed by atoms with Gasteiger partial charge >= 0.3 is 0 Å². The Hall–Kier alpha value is -2.74. The maximum absolute atomic E-state index is 10.3. The second kappa shape index (κ2) is 8.73. The highest BCUT2D eigenvalue weighted by Gasteiger charge is 2.14. The maximum atomic E-state index is 10.3. The van der Waals surface area contributed by atoms with Gasteiger partial charge in [0.25, 0.3) is 0 Å². The summed E-state index contributed by atoms with van der Waals surface area (Å²) in [6.07, 6.45) is -0.679. The summed E-state index contributed by atoms with van der Waals surface area (Å²) in [6.45, 7) is 0.175. The van der Waals surface area contributed by atoms with Crippen molar-refractivity contribution in [3.05, 3.63) is 71.8 Å². The quantitative estimate of drug-likeness (QED) is 0.343. The first-order chi connectivity index (χ1) is 14.1. The second-order valence-electron chi connectivity index (χ2n) is 6.47. The van der Waals surface area contributed by atoms with Gasteiger partial charge in [0.15, 0.2) is 5.82 Å². The molecule has 0 aliphatic heterocycles. The van der Waals surface area contributed by atoms with Gasteiger partial charge in [0.2, 0.25) is 5.16 Å². The Morgan fingerprint density at radius 2 is 1.79 bits per heavy atom. The molecule has 0 spiro atoms. The first-order valence-corrected chi connectivity index (χ1v) is 10.4. The van der Waals surface area contributed by atoms with Crippen LogP contribution < -0.4 is 10.6 Å². The summed E-state index contributed by atoms with van der Waals surface area (Å²) in [7, 11) is 0.